The van der Waals surface area contributed by atoms with Crippen molar-refractivity contribution in [3.8, 4) is 0 Å². The number of rotatable bonds is 3. The molecule has 0 aliphatic carbocycles. The Labute approximate surface area is 124 Å². The van der Waals surface area contributed by atoms with Crippen molar-refractivity contribution in [1.29, 1.82) is 0 Å². The number of sulfonamides is 1. The van der Waals surface area contributed by atoms with E-state index in [9.17, 15) is 8.42 Å². The third kappa shape index (κ3) is 2.79. The fourth-order valence-corrected chi connectivity index (χ4v) is 4.26. The number of nitrogens with zero attached hydrogens (tertiary/aromatic N) is 1. The zero-order valence-electron chi connectivity index (χ0n) is 11.6. The van der Waals surface area contributed by atoms with Crippen LogP contribution in [-0.2, 0) is 14.8 Å². The quantitative estimate of drug-likeness (QED) is 0.865. The lowest BCUT2D eigenvalue weighted by molar-refractivity contribution is 0.0314. The Balaban J connectivity index is 2.44. The van der Waals surface area contributed by atoms with E-state index in [1.807, 2.05) is 6.92 Å². The van der Waals surface area contributed by atoms with Crippen LogP contribution in [0.5, 0.6) is 0 Å². The minimum absolute atomic E-state index is 0.143. The van der Waals surface area contributed by atoms with Gasteiger partial charge in [0.2, 0.25) is 10.0 Å². The highest BCUT2D eigenvalue weighted by molar-refractivity contribution is 7.89. The van der Waals surface area contributed by atoms with Crippen LogP contribution in [0.2, 0.25) is 5.02 Å². The summed E-state index contributed by atoms with van der Waals surface area (Å²) >= 11 is 6.05. The van der Waals surface area contributed by atoms with Crippen molar-refractivity contribution >= 4 is 27.3 Å². The molecule has 1 aliphatic rings. The molecule has 0 aromatic heterocycles. The number of nitrogens with two attached hydrogens (primary N) is 1. The van der Waals surface area contributed by atoms with Gasteiger partial charge in [-0.05, 0) is 31.0 Å². The molecule has 2 N–H and O–H groups in total. The summed E-state index contributed by atoms with van der Waals surface area (Å²) in [5, 5.41) is 0.366. The summed E-state index contributed by atoms with van der Waals surface area (Å²) in [6.07, 6.45) is 0.703. The van der Waals surface area contributed by atoms with Gasteiger partial charge in [-0.3, -0.25) is 0 Å². The van der Waals surface area contributed by atoms with Gasteiger partial charge in [-0.2, -0.15) is 4.31 Å². The Morgan fingerprint density at radius 1 is 1.50 bits per heavy atom. The van der Waals surface area contributed by atoms with Crippen LogP contribution in [0, 0.1) is 6.92 Å². The van der Waals surface area contributed by atoms with Crippen LogP contribution >= 0.6 is 11.6 Å². The summed E-state index contributed by atoms with van der Waals surface area (Å²) < 4.78 is 32.3. The topological polar surface area (TPSA) is 72.6 Å². The third-order valence-corrected chi connectivity index (χ3v) is 5.93. The first-order chi connectivity index (χ1) is 9.37. The van der Waals surface area contributed by atoms with Crippen molar-refractivity contribution in [2.24, 2.45) is 0 Å². The lowest BCUT2D eigenvalue weighted by Gasteiger charge is -2.34. The van der Waals surface area contributed by atoms with Gasteiger partial charge in [0, 0.05) is 23.3 Å². The van der Waals surface area contributed by atoms with Crippen LogP contribution in [0.3, 0.4) is 0 Å². The molecule has 1 atom stereocenters. The number of nitrogen functional groups attached to an aromatic ring is 1. The number of halogens is 1. The molecule has 1 saturated heterocycles. The van der Waals surface area contributed by atoms with Gasteiger partial charge >= 0.3 is 0 Å². The molecule has 2 rings (SSSR count). The smallest absolute Gasteiger partial charge is 0.243 e. The number of hydrogen-bond acceptors (Lipinski definition) is 4. The standard InChI is InChI=1S/C13H19ClN2O3S/c1-3-10-8-19-5-4-16(10)20(17,18)11-6-12(14)9(2)13(15)7-11/h6-7,10H,3-5,8,15H2,1-2H3. The molecule has 0 spiro atoms. The summed E-state index contributed by atoms with van der Waals surface area (Å²) in [5.74, 6) is 0. The summed E-state index contributed by atoms with van der Waals surface area (Å²) in [6.45, 7) is 4.89. The van der Waals surface area contributed by atoms with Gasteiger partial charge in [0.25, 0.3) is 0 Å². The highest BCUT2D eigenvalue weighted by Crippen LogP contribution is 2.29. The van der Waals surface area contributed by atoms with Crippen molar-refractivity contribution < 1.29 is 13.2 Å². The predicted octanol–water partition coefficient (Wildman–Crippen LogP) is 2.03. The van der Waals surface area contributed by atoms with E-state index in [1.165, 1.54) is 16.4 Å². The second-order valence-electron chi connectivity index (χ2n) is 4.87. The van der Waals surface area contributed by atoms with Gasteiger partial charge < -0.3 is 10.5 Å². The number of hydrogen-bond donors (Lipinski definition) is 1. The molecule has 0 bridgehead atoms. The molecule has 1 unspecified atom stereocenters. The van der Waals surface area contributed by atoms with Gasteiger partial charge in [0.05, 0.1) is 18.1 Å². The van der Waals surface area contributed by atoms with Gasteiger partial charge in [-0.15, -0.1) is 0 Å². The van der Waals surface area contributed by atoms with E-state index in [-0.39, 0.29) is 10.9 Å². The molecule has 7 heteroatoms. The maximum Gasteiger partial charge on any atom is 0.243 e. The molecule has 112 valence electrons. The minimum atomic E-state index is -3.60. The zero-order chi connectivity index (χ0) is 14.9. The lowest BCUT2D eigenvalue weighted by atomic mass is 10.2. The Kier molecular flexibility index (Phi) is 4.59. The van der Waals surface area contributed by atoms with Gasteiger partial charge in [-0.1, -0.05) is 18.5 Å². The van der Waals surface area contributed by atoms with E-state index in [0.717, 1.165) is 0 Å². The number of morpholine rings is 1. The molecular weight excluding hydrogens is 300 g/mol. The average molecular weight is 319 g/mol. The SMILES string of the molecule is CCC1COCCN1S(=O)(=O)c1cc(N)c(C)c(Cl)c1. The van der Waals surface area contributed by atoms with Crippen molar-refractivity contribution in [1.82, 2.24) is 4.31 Å². The van der Waals surface area contributed by atoms with E-state index in [4.69, 9.17) is 22.1 Å². The zero-order valence-corrected chi connectivity index (χ0v) is 13.2. The van der Waals surface area contributed by atoms with E-state index in [1.54, 1.807) is 6.92 Å². The summed E-state index contributed by atoms with van der Waals surface area (Å²) in [4.78, 5) is 0.144. The molecule has 1 aromatic rings. The molecule has 1 aromatic carbocycles. The first-order valence-corrected chi connectivity index (χ1v) is 8.35. The van der Waals surface area contributed by atoms with Crippen LogP contribution in [0.15, 0.2) is 17.0 Å². The van der Waals surface area contributed by atoms with E-state index in [0.29, 0.717) is 42.5 Å². The van der Waals surface area contributed by atoms with Crippen LogP contribution in [0.25, 0.3) is 0 Å². The Morgan fingerprint density at radius 2 is 2.20 bits per heavy atom. The highest BCUT2D eigenvalue weighted by Gasteiger charge is 2.33. The van der Waals surface area contributed by atoms with Crippen molar-refractivity contribution in [2.75, 3.05) is 25.5 Å². The normalized spacial score (nSPS) is 21.1. The average Bonchev–Trinajstić information content (AvgIpc) is 2.44. The van der Waals surface area contributed by atoms with Crippen LogP contribution < -0.4 is 5.73 Å². The summed E-state index contributed by atoms with van der Waals surface area (Å²) in [7, 11) is -3.60. The van der Waals surface area contributed by atoms with Crippen LogP contribution in [0.4, 0.5) is 5.69 Å². The predicted molar refractivity (Wildman–Crippen MR) is 79.4 cm³/mol. The molecule has 0 saturated carbocycles. The maximum absolute atomic E-state index is 12.7. The molecule has 1 heterocycles. The number of anilines is 1. The number of ether oxygens (including phenoxy) is 1. The Morgan fingerprint density at radius 3 is 2.80 bits per heavy atom. The van der Waals surface area contributed by atoms with E-state index < -0.39 is 10.0 Å². The van der Waals surface area contributed by atoms with Gasteiger partial charge in [-0.25, -0.2) is 8.42 Å². The Hall–Kier alpha value is -0.820. The molecular formula is C13H19ClN2O3S. The maximum atomic E-state index is 12.7. The molecule has 20 heavy (non-hydrogen) atoms. The lowest BCUT2D eigenvalue weighted by Crippen LogP contribution is -2.48. The molecule has 5 nitrogen and oxygen atoms in total. The largest absolute Gasteiger partial charge is 0.398 e. The van der Waals surface area contributed by atoms with Gasteiger partial charge in [0.1, 0.15) is 0 Å². The van der Waals surface area contributed by atoms with Gasteiger partial charge in [0.15, 0.2) is 0 Å². The summed E-state index contributed by atoms with van der Waals surface area (Å²) in [5.41, 5.74) is 6.90. The van der Waals surface area contributed by atoms with Crippen LogP contribution in [0.1, 0.15) is 18.9 Å². The first kappa shape index (κ1) is 15.6. The second kappa shape index (κ2) is 5.89. The highest BCUT2D eigenvalue weighted by atomic mass is 35.5. The van der Waals surface area contributed by atoms with E-state index in [2.05, 4.69) is 0 Å². The summed E-state index contributed by atoms with van der Waals surface area (Å²) in [6, 6.07) is 2.79. The first-order valence-electron chi connectivity index (χ1n) is 6.53. The molecule has 0 radical (unpaired) electrons. The number of benzene rings is 1. The van der Waals surface area contributed by atoms with Crippen molar-refractivity contribution in [3.63, 3.8) is 0 Å². The fraction of sp³-hybridized carbons (Fsp3) is 0.538. The Bertz CT molecular complexity index is 581. The van der Waals surface area contributed by atoms with Crippen molar-refractivity contribution in [2.45, 2.75) is 31.2 Å². The van der Waals surface area contributed by atoms with Crippen molar-refractivity contribution in [3.05, 3.63) is 22.7 Å². The second-order valence-corrected chi connectivity index (χ2v) is 7.17. The monoisotopic (exact) mass is 318 g/mol. The van der Waals surface area contributed by atoms with Crippen LogP contribution in [-0.4, -0.2) is 38.5 Å². The van der Waals surface area contributed by atoms with E-state index >= 15 is 0 Å². The molecule has 1 aliphatic heterocycles. The third-order valence-electron chi connectivity index (χ3n) is 3.61. The molecule has 0 amide bonds. The molecule has 1 fully saturated rings. The fourth-order valence-electron chi connectivity index (χ4n) is 2.24. The minimum Gasteiger partial charge on any atom is -0.398 e.